The molecule has 0 aliphatic rings. The first-order valence-electron chi connectivity index (χ1n) is 10.8. The lowest BCUT2D eigenvalue weighted by Crippen LogP contribution is -2.16. The first kappa shape index (κ1) is 25.5. The van der Waals surface area contributed by atoms with E-state index < -0.39 is 23.7 Å². The number of rotatable bonds is 7. The van der Waals surface area contributed by atoms with E-state index in [1.54, 1.807) is 18.2 Å². The molecule has 0 saturated carbocycles. The molecule has 0 unspecified atom stereocenters. The molecular formula is C25H15BrF3N3O5S. The monoisotopic (exact) mass is 605 g/mol. The van der Waals surface area contributed by atoms with E-state index in [0.717, 1.165) is 10.5 Å². The van der Waals surface area contributed by atoms with Gasteiger partial charge in [0.15, 0.2) is 5.76 Å². The fraction of sp³-hybridized carbons (Fsp3) is 0.0800. The molecule has 0 spiro atoms. The Hall–Kier alpha value is -4.10. The standard InChI is InChI=1S/C25H15BrF3N3O5S/c26-14-4-1-2-5-16(14)36-11-12-7-8-17(37-12)23(34)32-20-19-13(15-6-3-9-35-15)10-18(25(27,28)29)31-24(19)38-21(20)22(30)33/h1-10H,11H2,(H2,30,33)(H,32,34). The highest BCUT2D eigenvalue weighted by Gasteiger charge is 2.35. The van der Waals surface area contributed by atoms with Gasteiger partial charge >= 0.3 is 6.18 Å². The number of hydrogen-bond acceptors (Lipinski definition) is 7. The number of benzene rings is 1. The quantitative estimate of drug-likeness (QED) is 0.209. The van der Waals surface area contributed by atoms with Crippen LogP contribution in [0, 0.1) is 0 Å². The number of pyridine rings is 1. The molecule has 1 aromatic carbocycles. The number of alkyl halides is 3. The topological polar surface area (TPSA) is 121 Å². The van der Waals surface area contributed by atoms with Crippen LogP contribution in [0.1, 0.15) is 31.7 Å². The number of nitrogens with one attached hydrogen (secondary N) is 1. The van der Waals surface area contributed by atoms with Crippen LogP contribution >= 0.6 is 27.3 Å². The van der Waals surface area contributed by atoms with Gasteiger partial charge in [-0.1, -0.05) is 12.1 Å². The lowest BCUT2D eigenvalue weighted by Gasteiger charge is -2.10. The van der Waals surface area contributed by atoms with Crippen molar-refractivity contribution in [1.82, 2.24) is 4.98 Å². The van der Waals surface area contributed by atoms with E-state index in [2.05, 4.69) is 26.2 Å². The molecule has 2 amide bonds. The molecule has 0 bridgehead atoms. The number of anilines is 1. The summed E-state index contributed by atoms with van der Waals surface area (Å²) in [6.07, 6.45) is -3.48. The Morgan fingerprint density at radius 3 is 2.61 bits per heavy atom. The number of hydrogen-bond donors (Lipinski definition) is 2. The molecule has 3 N–H and O–H groups in total. The zero-order valence-electron chi connectivity index (χ0n) is 19.0. The zero-order valence-corrected chi connectivity index (χ0v) is 21.4. The first-order valence-corrected chi connectivity index (χ1v) is 12.4. The van der Waals surface area contributed by atoms with Gasteiger partial charge < -0.3 is 24.6 Å². The van der Waals surface area contributed by atoms with E-state index in [9.17, 15) is 22.8 Å². The van der Waals surface area contributed by atoms with Gasteiger partial charge in [0.1, 0.15) is 39.3 Å². The van der Waals surface area contributed by atoms with Crippen molar-refractivity contribution < 1.29 is 36.3 Å². The summed E-state index contributed by atoms with van der Waals surface area (Å²) < 4.78 is 58.0. The normalized spacial score (nSPS) is 11.6. The lowest BCUT2D eigenvalue weighted by atomic mass is 10.1. The number of fused-ring (bicyclic) bond motifs is 1. The van der Waals surface area contributed by atoms with Crippen LogP contribution in [0.2, 0.25) is 0 Å². The molecule has 8 nitrogen and oxygen atoms in total. The third kappa shape index (κ3) is 5.02. The molecule has 4 aromatic heterocycles. The number of thiophene rings is 1. The SMILES string of the molecule is NC(=O)c1sc2nc(C(F)(F)F)cc(-c3ccco3)c2c1NC(=O)c1ccc(COc2ccccc2Br)o1. The van der Waals surface area contributed by atoms with Crippen molar-refractivity contribution in [3.8, 4) is 17.1 Å². The second kappa shape index (κ2) is 9.99. The van der Waals surface area contributed by atoms with Crippen molar-refractivity contribution in [2.45, 2.75) is 12.8 Å². The summed E-state index contributed by atoms with van der Waals surface area (Å²) in [7, 11) is 0. The fourth-order valence-corrected chi connectivity index (χ4v) is 5.03. The molecule has 0 fully saturated rings. The zero-order chi connectivity index (χ0) is 27.0. The Kier molecular flexibility index (Phi) is 6.71. The Balaban J connectivity index is 1.50. The van der Waals surface area contributed by atoms with E-state index >= 15 is 0 Å². The van der Waals surface area contributed by atoms with E-state index in [1.165, 1.54) is 30.5 Å². The first-order chi connectivity index (χ1) is 18.1. The molecule has 5 aromatic rings. The van der Waals surface area contributed by atoms with E-state index in [-0.39, 0.29) is 44.5 Å². The van der Waals surface area contributed by atoms with Crippen molar-refractivity contribution >= 4 is 55.0 Å². The van der Waals surface area contributed by atoms with Crippen molar-refractivity contribution in [2.75, 3.05) is 5.32 Å². The second-order valence-electron chi connectivity index (χ2n) is 7.82. The average molecular weight is 606 g/mol. The van der Waals surface area contributed by atoms with Gasteiger partial charge in [0.25, 0.3) is 11.8 Å². The number of ether oxygens (including phenoxy) is 1. The minimum atomic E-state index is -4.77. The Labute approximate surface area is 224 Å². The maximum atomic E-state index is 13.6. The molecule has 194 valence electrons. The third-order valence-electron chi connectivity index (χ3n) is 5.29. The minimum Gasteiger partial charge on any atom is -0.484 e. The largest absolute Gasteiger partial charge is 0.484 e. The van der Waals surface area contributed by atoms with Gasteiger partial charge in [-0.3, -0.25) is 9.59 Å². The lowest BCUT2D eigenvalue weighted by molar-refractivity contribution is -0.140. The van der Waals surface area contributed by atoms with Crippen LogP contribution in [0.5, 0.6) is 5.75 Å². The Morgan fingerprint density at radius 1 is 1.13 bits per heavy atom. The van der Waals surface area contributed by atoms with Crippen LogP contribution in [0.25, 0.3) is 21.5 Å². The van der Waals surface area contributed by atoms with Crippen molar-refractivity contribution in [3.05, 3.63) is 87.4 Å². The van der Waals surface area contributed by atoms with Crippen molar-refractivity contribution in [2.24, 2.45) is 5.73 Å². The maximum absolute atomic E-state index is 13.6. The van der Waals surface area contributed by atoms with Gasteiger partial charge in [-0.25, -0.2) is 4.98 Å². The molecule has 0 aliphatic carbocycles. The van der Waals surface area contributed by atoms with Gasteiger partial charge in [-0.15, -0.1) is 11.3 Å². The summed E-state index contributed by atoms with van der Waals surface area (Å²) in [5.74, 6) is -0.846. The number of carbonyl (C=O) groups excluding carboxylic acids is 2. The van der Waals surface area contributed by atoms with Crippen LogP contribution in [-0.2, 0) is 12.8 Å². The highest BCUT2D eigenvalue weighted by Crippen LogP contribution is 2.44. The average Bonchev–Trinajstić information content (AvgIpc) is 3.63. The smallest absolute Gasteiger partial charge is 0.433 e. The number of nitrogens with two attached hydrogens (primary N) is 1. The van der Waals surface area contributed by atoms with Crippen LogP contribution in [0.3, 0.4) is 0 Å². The number of halogens is 4. The summed E-state index contributed by atoms with van der Waals surface area (Å²) in [4.78, 5) is 28.6. The van der Waals surface area contributed by atoms with Gasteiger partial charge in [0.05, 0.1) is 16.4 Å². The Morgan fingerprint density at radius 2 is 1.92 bits per heavy atom. The van der Waals surface area contributed by atoms with Crippen LogP contribution in [0.4, 0.5) is 18.9 Å². The van der Waals surface area contributed by atoms with Gasteiger partial charge in [-0.05, 0) is 58.4 Å². The number of nitrogens with zero attached hydrogens (tertiary/aromatic N) is 1. The molecule has 4 heterocycles. The molecular weight excluding hydrogens is 591 g/mol. The molecule has 0 radical (unpaired) electrons. The molecule has 13 heteroatoms. The number of amides is 2. The summed E-state index contributed by atoms with van der Waals surface area (Å²) in [6, 6.07) is 13.9. The number of primary amides is 1. The molecule has 38 heavy (non-hydrogen) atoms. The molecule has 5 rings (SSSR count). The van der Waals surface area contributed by atoms with Crippen LogP contribution in [0.15, 0.2) is 74.2 Å². The van der Waals surface area contributed by atoms with E-state index in [4.69, 9.17) is 19.3 Å². The fourth-order valence-electron chi connectivity index (χ4n) is 3.63. The predicted octanol–water partition coefficient (Wildman–Crippen LogP) is 6.86. The van der Waals surface area contributed by atoms with Gasteiger partial charge in [-0.2, -0.15) is 13.2 Å². The third-order valence-corrected chi connectivity index (χ3v) is 7.05. The Bertz CT molecular complexity index is 1660. The van der Waals surface area contributed by atoms with E-state index in [1.807, 2.05) is 6.07 Å². The maximum Gasteiger partial charge on any atom is 0.433 e. The predicted molar refractivity (Wildman–Crippen MR) is 136 cm³/mol. The number of carbonyl (C=O) groups is 2. The highest BCUT2D eigenvalue weighted by atomic mass is 79.9. The van der Waals surface area contributed by atoms with Gasteiger partial charge in [0.2, 0.25) is 0 Å². The summed E-state index contributed by atoms with van der Waals surface area (Å²) in [6.45, 7) is 0.0244. The molecule has 0 atom stereocenters. The molecule has 0 aliphatic heterocycles. The number of para-hydroxylation sites is 1. The summed E-state index contributed by atoms with van der Waals surface area (Å²) >= 11 is 4.00. The van der Waals surface area contributed by atoms with Crippen LogP contribution in [-0.4, -0.2) is 16.8 Å². The summed E-state index contributed by atoms with van der Waals surface area (Å²) in [5.41, 5.74) is 4.19. The van der Waals surface area contributed by atoms with E-state index in [0.29, 0.717) is 22.8 Å². The van der Waals surface area contributed by atoms with Crippen LogP contribution < -0.4 is 15.8 Å². The number of furan rings is 2. The number of aromatic nitrogens is 1. The highest BCUT2D eigenvalue weighted by molar-refractivity contribution is 9.10. The van der Waals surface area contributed by atoms with Gasteiger partial charge in [0, 0.05) is 10.9 Å². The summed E-state index contributed by atoms with van der Waals surface area (Å²) in [5, 5.41) is 2.63. The minimum absolute atomic E-state index is 0.0200. The second-order valence-corrected chi connectivity index (χ2v) is 9.67. The van der Waals surface area contributed by atoms with Crippen molar-refractivity contribution in [3.63, 3.8) is 0 Å². The molecule has 0 saturated heterocycles. The van der Waals surface area contributed by atoms with Crippen molar-refractivity contribution in [1.29, 1.82) is 0 Å².